The van der Waals surface area contributed by atoms with E-state index in [4.69, 9.17) is 0 Å². The summed E-state index contributed by atoms with van der Waals surface area (Å²) >= 11 is 0. The molecule has 1 saturated heterocycles. The van der Waals surface area contributed by atoms with Crippen LogP contribution < -0.4 is 0 Å². The van der Waals surface area contributed by atoms with Crippen molar-refractivity contribution in [2.75, 3.05) is 31.9 Å². The maximum atomic E-state index is 12.7. The van der Waals surface area contributed by atoms with Crippen molar-refractivity contribution in [3.8, 4) is 5.69 Å². The highest BCUT2D eigenvalue weighted by Crippen LogP contribution is 2.15. The Hall–Kier alpha value is -2.12. The summed E-state index contributed by atoms with van der Waals surface area (Å²) in [5, 5.41) is 0. The Kier molecular flexibility index (Phi) is 5.78. The fraction of sp³-hybridized carbons (Fsp3) is 0.421. The van der Waals surface area contributed by atoms with Gasteiger partial charge in [0, 0.05) is 49.8 Å². The standard InChI is InChI=1S/C19H25N3O3S/c1-2-3-16-26(24,25)22-14-12-21(13-15-22)19(23)17-6-8-18(9-7-17)20-10-4-5-11-20/h4-11H,2-3,12-16H2,1H3. The average molecular weight is 375 g/mol. The molecule has 140 valence electrons. The van der Waals surface area contributed by atoms with E-state index >= 15 is 0 Å². The highest BCUT2D eigenvalue weighted by Gasteiger charge is 2.28. The van der Waals surface area contributed by atoms with E-state index in [1.54, 1.807) is 4.90 Å². The molecule has 0 atom stereocenters. The van der Waals surface area contributed by atoms with E-state index in [1.165, 1.54) is 4.31 Å². The number of sulfonamides is 1. The first-order valence-electron chi connectivity index (χ1n) is 9.02. The highest BCUT2D eigenvalue weighted by atomic mass is 32.2. The van der Waals surface area contributed by atoms with Crippen molar-refractivity contribution in [2.45, 2.75) is 19.8 Å². The first kappa shape index (κ1) is 18.7. The number of carbonyl (C=O) groups is 1. The summed E-state index contributed by atoms with van der Waals surface area (Å²) in [6, 6.07) is 11.4. The van der Waals surface area contributed by atoms with Gasteiger partial charge >= 0.3 is 0 Å². The van der Waals surface area contributed by atoms with Crippen LogP contribution in [0.5, 0.6) is 0 Å². The number of piperazine rings is 1. The Bertz CT molecular complexity index is 821. The van der Waals surface area contributed by atoms with Crippen LogP contribution >= 0.6 is 0 Å². The van der Waals surface area contributed by atoms with Gasteiger partial charge in [0.15, 0.2) is 0 Å². The molecule has 1 fully saturated rings. The van der Waals surface area contributed by atoms with Crippen molar-refractivity contribution in [2.24, 2.45) is 0 Å². The molecule has 0 saturated carbocycles. The van der Waals surface area contributed by atoms with Gasteiger partial charge in [-0.1, -0.05) is 13.3 Å². The van der Waals surface area contributed by atoms with Gasteiger partial charge in [-0.05, 0) is 42.8 Å². The molecule has 6 nitrogen and oxygen atoms in total. The van der Waals surface area contributed by atoms with Crippen LogP contribution in [0.3, 0.4) is 0 Å². The largest absolute Gasteiger partial charge is 0.336 e. The van der Waals surface area contributed by atoms with E-state index in [0.29, 0.717) is 38.2 Å². The van der Waals surface area contributed by atoms with E-state index in [0.717, 1.165) is 12.1 Å². The molecule has 0 N–H and O–H groups in total. The third-order valence-corrected chi connectivity index (χ3v) is 6.65. The van der Waals surface area contributed by atoms with Gasteiger partial charge < -0.3 is 9.47 Å². The van der Waals surface area contributed by atoms with Gasteiger partial charge in [-0.2, -0.15) is 4.31 Å². The first-order valence-corrected chi connectivity index (χ1v) is 10.6. The van der Waals surface area contributed by atoms with Gasteiger partial charge in [0.2, 0.25) is 10.0 Å². The lowest BCUT2D eigenvalue weighted by atomic mass is 10.1. The van der Waals surface area contributed by atoms with Crippen LogP contribution in [0.1, 0.15) is 30.1 Å². The molecule has 3 rings (SSSR count). The summed E-state index contributed by atoms with van der Waals surface area (Å²) in [5.74, 6) is 0.146. The molecule has 1 amide bonds. The molecule has 26 heavy (non-hydrogen) atoms. The summed E-state index contributed by atoms with van der Waals surface area (Å²) in [7, 11) is -3.20. The Balaban J connectivity index is 1.60. The summed E-state index contributed by atoms with van der Waals surface area (Å²) in [4.78, 5) is 14.4. The van der Waals surface area contributed by atoms with Crippen molar-refractivity contribution >= 4 is 15.9 Å². The van der Waals surface area contributed by atoms with Crippen molar-refractivity contribution in [3.05, 3.63) is 54.4 Å². The van der Waals surface area contributed by atoms with Crippen LogP contribution in [0.25, 0.3) is 5.69 Å². The molecule has 2 aromatic rings. The molecular weight excluding hydrogens is 350 g/mol. The van der Waals surface area contributed by atoms with E-state index in [9.17, 15) is 13.2 Å². The second-order valence-electron chi connectivity index (χ2n) is 6.50. The number of carbonyl (C=O) groups excluding carboxylic acids is 1. The van der Waals surface area contributed by atoms with Gasteiger partial charge in [-0.15, -0.1) is 0 Å². The lowest BCUT2D eigenvalue weighted by Crippen LogP contribution is -2.51. The third-order valence-electron chi connectivity index (χ3n) is 4.69. The third kappa shape index (κ3) is 4.16. The normalized spacial score (nSPS) is 16.0. The van der Waals surface area contributed by atoms with Crippen LogP contribution in [-0.4, -0.2) is 60.0 Å². The van der Waals surface area contributed by atoms with Gasteiger partial charge in [-0.25, -0.2) is 8.42 Å². The van der Waals surface area contributed by atoms with Gasteiger partial charge in [0.1, 0.15) is 0 Å². The number of hydrogen-bond acceptors (Lipinski definition) is 3. The minimum atomic E-state index is -3.20. The number of benzene rings is 1. The zero-order valence-corrected chi connectivity index (χ0v) is 15.9. The predicted octanol–water partition coefficient (Wildman–Crippen LogP) is 2.37. The Morgan fingerprint density at radius 3 is 2.19 bits per heavy atom. The molecule has 0 radical (unpaired) electrons. The molecule has 2 heterocycles. The molecule has 0 spiro atoms. The highest BCUT2D eigenvalue weighted by molar-refractivity contribution is 7.89. The fourth-order valence-electron chi connectivity index (χ4n) is 3.09. The summed E-state index contributed by atoms with van der Waals surface area (Å²) < 4.78 is 28.0. The van der Waals surface area contributed by atoms with Crippen LogP contribution in [0, 0.1) is 0 Å². The molecule has 1 aromatic heterocycles. The van der Waals surface area contributed by atoms with E-state index < -0.39 is 10.0 Å². The number of hydrogen-bond donors (Lipinski definition) is 0. The summed E-state index contributed by atoms with van der Waals surface area (Å²) in [6.07, 6.45) is 5.44. The van der Waals surface area contributed by atoms with Crippen LogP contribution in [0.15, 0.2) is 48.8 Å². The molecule has 1 aliphatic rings. The maximum Gasteiger partial charge on any atom is 0.253 e. The second kappa shape index (κ2) is 8.05. The zero-order chi connectivity index (χ0) is 18.6. The lowest BCUT2D eigenvalue weighted by Gasteiger charge is -2.34. The van der Waals surface area contributed by atoms with Crippen molar-refractivity contribution in [1.82, 2.24) is 13.8 Å². The Morgan fingerprint density at radius 2 is 1.62 bits per heavy atom. The number of unbranched alkanes of at least 4 members (excludes halogenated alkanes) is 1. The lowest BCUT2D eigenvalue weighted by molar-refractivity contribution is 0.0698. The number of amides is 1. The molecule has 0 aliphatic carbocycles. The number of nitrogens with zero attached hydrogens (tertiary/aromatic N) is 3. The second-order valence-corrected chi connectivity index (χ2v) is 8.59. The average Bonchev–Trinajstić information content (AvgIpc) is 3.21. The first-order chi connectivity index (χ1) is 12.5. The number of rotatable bonds is 6. The molecule has 0 bridgehead atoms. The smallest absolute Gasteiger partial charge is 0.253 e. The van der Waals surface area contributed by atoms with Gasteiger partial charge in [0.05, 0.1) is 5.75 Å². The van der Waals surface area contributed by atoms with Crippen LogP contribution in [0.2, 0.25) is 0 Å². The topological polar surface area (TPSA) is 62.6 Å². The predicted molar refractivity (Wildman–Crippen MR) is 102 cm³/mol. The minimum absolute atomic E-state index is 0.0466. The Morgan fingerprint density at radius 1 is 1.00 bits per heavy atom. The quantitative estimate of drug-likeness (QED) is 0.779. The molecular formula is C19H25N3O3S. The minimum Gasteiger partial charge on any atom is -0.336 e. The molecule has 0 unspecified atom stereocenters. The van der Waals surface area contributed by atoms with E-state index in [1.807, 2.05) is 60.3 Å². The monoisotopic (exact) mass is 375 g/mol. The van der Waals surface area contributed by atoms with Gasteiger partial charge in [-0.3, -0.25) is 4.79 Å². The molecule has 1 aromatic carbocycles. The summed E-state index contributed by atoms with van der Waals surface area (Å²) in [6.45, 7) is 3.60. The SMILES string of the molecule is CCCCS(=O)(=O)N1CCN(C(=O)c2ccc(-n3cccc3)cc2)CC1. The molecule has 7 heteroatoms. The Labute approximate surface area is 155 Å². The van der Waals surface area contributed by atoms with Gasteiger partial charge in [0.25, 0.3) is 5.91 Å². The number of aromatic nitrogens is 1. The van der Waals surface area contributed by atoms with E-state index in [-0.39, 0.29) is 11.7 Å². The summed E-state index contributed by atoms with van der Waals surface area (Å²) in [5.41, 5.74) is 1.63. The van der Waals surface area contributed by atoms with Crippen LogP contribution in [0.4, 0.5) is 0 Å². The zero-order valence-electron chi connectivity index (χ0n) is 15.0. The van der Waals surface area contributed by atoms with Crippen molar-refractivity contribution in [1.29, 1.82) is 0 Å². The van der Waals surface area contributed by atoms with Crippen LogP contribution in [-0.2, 0) is 10.0 Å². The maximum absolute atomic E-state index is 12.7. The van der Waals surface area contributed by atoms with Crippen molar-refractivity contribution < 1.29 is 13.2 Å². The van der Waals surface area contributed by atoms with E-state index in [2.05, 4.69) is 0 Å². The molecule has 1 aliphatic heterocycles. The fourth-order valence-corrected chi connectivity index (χ4v) is 4.72. The van der Waals surface area contributed by atoms with Crippen molar-refractivity contribution in [3.63, 3.8) is 0 Å².